The zero-order valence-corrected chi connectivity index (χ0v) is 15.7. The van der Waals surface area contributed by atoms with Gasteiger partial charge in [-0.1, -0.05) is 0 Å². The van der Waals surface area contributed by atoms with E-state index in [0.29, 0.717) is 18.9 Å². The maximum Gasteiger partial charge on any atom is 0.294 e. The zero-order valence-electron chi connectivity index (χ0n) is 14.9. The van der Waals surface area contributed by atoms with Crippen molar-refractivity contribution in [2.75, 3.05) is 13.2 Å². The van der Waals surface area contributed by atoms with E-state index in [1.165, 1.54) is 0 Å². The monoisotopic (exact) mass is 371 g/mol. The molecule has 7 nitrogen and oxygen atoms in total. The first-order chi connectivity index (χ1) is 12.6. The summed E-state index contributed by atoms with van der Waals surface area (Å²) in [4.78, 5) is 23.7. The second-order valence-corrected chi connectivity index (χ2v) is 7.42. The van der Waals surface area contributed by atoms with Crippen LogP contribution in [0, 0.1) is 13.8 Å². The molecule has 136 valence electrons. The van der Waals surface area contributed by atoms with Gasteiger partial charge in [-0.25, -0.2) is 9.50 Å². The molecule has 4 heterocycles. The number of hydrogen-bond donors (Lipinski definition) is 0. The van der Waals surface area contributed by atoms with Crippen molar-refractivity contribution in [3.63, 3.8) is 0 Å². The third kappa shape index (κ3) is 3.47. The Morgan fingerprint density at radius 3 is 3.04 bits per heavy atom. The summed E-state index contributed by atoms with van der Waals surface area (Å²) in [6, 6.07) is 3.96. The Morgan fingerprint density at radius 2 is 2.31 bits per heavy atom. The number of carbonyl (C=O) groups is 1. The van der Waals surface area contributed by atoms with E-state index in [9.17, 15) is 4.79 Å². The van der Waals surface area contributed by atoms with Crippen LogP contribution in [0.1, 0.15) is 40.4 Å². The number of amides is 1. The number of aryl methyl sites for hydroxylation is 2. The number of nitrogens with zero attached hydrogens (tertiary/aromatic N) is 5. The molecule has 3 aromatic rings. The maximum atomic E-state index is 13.1. The van der Waals surface area contributed by atoms with Gasteiger partial charge in [0.1, 0.15) is 0 Å². The third-order valence-electron chi connectivity index (χ3n) is 4.50. The third-order valence-corrected chi connectivity index (χ3v) is 5.23. The number of hydrogen-bond acceptors (Lipinski definition) is 6. The zero-order chi connectivity index (χ0) is 18.1. The smallest absolute Gasteiger partial charge is 0.294 e. The first-order valence-electron chi connectivity index (χ1n) is 8.73. The van der Waals surface area contributed by atoms with Gasteiger partial charge in [0.05, 0.1) is 6.10 Å². The van der Waals surface area contributed by atoms with Crippen molar-refractivity contribution in [1.29, 1.82) is 0 Å². The lowest BCUT2D eigenvalue weighted by Crippen LogP contribution is -2.37. The number of thiophene rings is 1. The second kappa shape index (κ2) is 7.13. The summed E-state index contributed by atoms with van der Waals surface area (Å²) in [6.45, 7) is 5.68. The van der Waals surface area contributed by atoms with Gasteiger partial charge in [0.2, 0.25) is 5.82 Å². The summed E-state index contributed by atoms with van der Waals surface area (Å²) < 4.78 is 7.35. The quantitative estimate of drug-likeness (QED) is 0.689. The molecule has 0 spiro atoms. The van der Waals surface area contributed by atoms with Gasteiger partial charge in [0, 0.05) is 31.1 Å². The standard InChI is InChI=1S/C18H21N5O2S/c1-12-8-13(2)23-18(19-12)20-16(21-23)17(24)22(9-14-5-7-26-11-14)10-15-4-3-6-25-15/h5,7-8,11,15H,3-4,6,9-10H2,1-2H3/t15-/m1/s1. The summed E-state index contributed by atoms with van der Waals surface area (Å²) >= 11 is 1.62. The Bertz CT molecular complexity index is 915. The van der Waals surface area contributed by atoms with Crippen LogP contribution in [0.4, 0.5) is 0 Å². The van der Waals surface area contributed by atoms with Crippen molar-refractivity contribution in [1.82, 2.24) is 24.5 Å². The molecule has 1 aliphatic heterocycles. The fourth-order valence-electron chi connectivity index (χ4n) is 3.25. The van der Waals surface area contributed by atoms with E-state index in [2.05, 4.69) is 20.4 Å². The topological polar surface area (TPSA) is 72.6 Å². The van der Waals surface area contributed by atoms with Crippen LogP contribution in [-0.2, 0) is 11.3 Å². The van der Waals surface area contributed by atoms with Crippen LogP contribution in [0.15, 0.2) is 22.9 Å². The minimum atomic E-state index is -0.186. The molecule has 26 heavy (non-hydrogen) atoms. The highest BCUT2D eigenvalue weighted by molar-refractivity contribution is 7.07. The van der Waals surface area contributed by atoms with Gasteiger partial charge in [0.25, 0.3) is 11.7 Å². The molecule has 8 heteroatoms. The Balaban J connectivity index is 1.63. The highest BCUT2D eigenvalue weighted by Crippen LogP contribution is 2.18. The fraction of sp³-hybridized carbons (Fsp3) is 0.444. The molecule has 0 aromatic carbocycles. The Labute approximate surface area is 155 Å². The van der Waals surface area contributed by atoms with E-state index < -0.39 is 0 Å². The van der Waals surface area contributed by atoms with E-state index in [-0.39, 0.29) is 17.8 Å². The van der Waals surface area contributed by atoms with Crippen molar-refractivity contribution in [2.45, 2.75) is 39.3 Å². The van der Waals surface area contributed by atoms with Gasteiger partial charge in [-0.2, -0.15) is 16.3 Å². The van der Waals surface area contributed by atoms with Crippen LogP contribution in [0.25, 0.3) is 5.78 Å². The van der Waals surface area contributed by atoms with E-state index in [1.807, 2.05) is 31.4 Å². The minimum absolute atomic E-state index is 0.0803. The number of rotatable bonds is 5. The van der Waals surface area contributed by atoms with Gasteiger partial charge in [-0.3, -0.25) is 4.79 Å². The molecule has 1 amide bonds. The Hall–Kier alpha value is -2.32. The number of fused-ring (bicyclic) bond motifs is 1. The SMILES string of the molecule is Cc1cc(C)n2nc(C(=O)N(Cc3ccsc3)C[C@H]3CCCO3)nc2n1. The van der Waals surface area contributed by atoms with E-state index in [0.717, 1.165) is 36.4 Å². The summed E-state index contributed by atoms with van der Waals surface area (Å²) in [5.74, 6) is 0.451. The molecular formula is C18H21N5O2S. The Morgan fingerprint density at radius 1 is 1.42 bits per heavy atom. The van der Waals surface area contributed by atoms with Crippen molar-refractivity contribution >= 4 is 23.0 Å². The highest BCUT2D eigenvalue weighted by Gasteiger charge is 2.26. The van der Waals surface area contributed by atoms with Crippen LogP contribution >= 0.6 is 11.3 Å². The first-order valence-corrected chi connectivity index (χ1v) is 9.67. The minimum Gasteiger partial charge on any atom is -0.376 e. The lowest BCUT2D eigenvalue weighted by Gasteiger charge is -2.24. The summed E-state index contributed by atoms with van der Waals surface area (Å²) in [5, 5.41) is 8.47. The summed E-state index contributed by atoms with van der Waals surface area (Å²) in [7, 11) is 0. The van der Waals surface area contributed by atoms with Crippen LogP contribution in [0.2, 0.25) is 0 Å². The second-order valence-electron chi connectivity index (χ2n) is 6.64. The van der Waals surface area contributed by atoms with Crippen molar-refractivity contribution < 1.29 is 9.53 Å². The molecule has 0 saturated carbocycles. The molecule has 1 atom stereocenters. The van der Waals surface area contributed by atoms with Crippen molar-refractivity contribution in [3.8, 4) is 0 Å². The van der Waals surface area contributed by atoms with Crippen molar-refractivity contribution in [2.24, 2.45) is 0 Å². The molecule has 0 bridgehead atoms. The van der Waals surface area contributed by atoms with Gasteiger partial charge in [-0.15, -0.1) is 5.10 Å². The predicted molar refractivity (Wildman–Crippen MR) is 98.3 cm³/mol. The van der Waals surface area contributed by atoms with E-state index in [1.54, 1.807) is 20.8 Å². The summed E-state index contributed by atoms with van der Waals surface area (Å²) in [6.07, 6.45) is 2.10. The molecule has 3 aromatic heterocycles. The molecular weight excluding hydrogens is 350 g/mol. The molecule has 1 saturated heterocycles. The molecule has 0 radical (unpaired) electrons. The van der Waals surface area contributed by atoms with E-state index in [4.69, 9.17) is 4.74 Å². The average molecular weight is 371 g/mol. The molecule has 1 aliphatic rings. The Kier molecular flexibility index (Phi) is 4.69. The maximum absolute atomic E-state index is 13.1. The molecule has 0 unspecified atom stereocenters. The van der Waals surface area contributed by atoms with Gasteiger partial charge < -0.3 is 9.64 Å². The molecule has 0 aliphatic carbocycles. The first kappa shape index (κ1) is 17.1. The van der Waals surface area contributed by atoms with Gasteiger partial charge in [-0.05, 0) is 55.1 Å². The van der Waals surface area contributed by atoms with Gasteiger partial charge >= 0.3 is 0 Å². The lowest BCUT2D eigenvalue weighted by atomic mass is 10.2. The normalized spacial score (nSPS) is 17.1. The summed E-state index contributed by atoms with van der Waals surface area (Å²) in [5.41, 5.74) is 2.87. The lowest BCUT2D eigenvalue weighted by molar-refractivity contribution is 0.0498. The fourth-order valence-corrected chi connectivity index (χ4v) is 3.91. The number of aromatic nitrogens is 4. The number of carbonyl (C=O) groups excluding carboxylic acids is 1. The average Bonchev–Trinajstić information content (AvgIpc) is 3.35. The van der Waals surface area contributed by atoms with Crippen LogP contribution < -0.4 is 0 Å². The van der Waals surface area contributed by atoms with E-state index >= 15 is 0 Å². The highest BCUT2D eigenvalue weighted by atomic mass is 32.1. The van der Waals surface area contributed by atoms with Crippen molar-refractivity contribution in [3.05, 3.63) is 45.7 Å². The largest absolute Gasteiger partial charge is 0.376 e. The number of ether oxygens (including phenoxy) is 1. The molecule has 0 N–H and O–H groups in total. The van der Waals surface area contributed by atoms with Gasteiger partial charge in [0.15, 0.2) is 0 Å². The van der Waals surface area contributed by atoms with Crippen LogP contribution in [-0.4, -0.2) is 49.6 Å². The molecule has 1 fully saturated rings. The molecule has 4 rings (SSSR count). The predicted octanol–water partition coefficient (Wildman–Crippen LogP) is 2.62. The van der Waals surface area contributed by atoms with Crippen LogP contribution in [0.5, 0.6) is 0 Å². The van der Waals surface area contributed by atoms with Crippen LogP contribution in [0.3, 0.4) is 0 Å².